The van der Waals surface area contributed by atoms with Crippen molar-refractivity contribution in [1.29, 1.82) is 0 Å². The Bertz CT molecular complexity index is 2310. The molecule has 0 radical (unpaired) electrons. The van der Waals surface area contributed by atoms with Gasteiger partial charge in [-0.05, 0) is 115 Å². The SMILES string of the molecule is CC(C)(C)C1=CC(=CN=Nc2ccc(-c3ccc(N=NC=C4C=C(C(C)(C)C)C(=O)C(C(C)(C)C)=C4)cc3-c3ccccc3)c(-c3ccccc3)c2)C=C(C(C)(C)C)C1=O. The molecule has 0 aromatic heterocycles. The first-order valence-electron chi connectivity index (χ1n) is 20.7. The highest BCUT2D eigenvalue weighted by Crippen LogP contribution is 2.43. The molecule has 4 aromatic rings. The van der Waals surface area contributed by atoms with Gasteiger partial charge in [0.15, 0.2) is 11.6 Å². The summed E-state index contributed by atoms with van der Waals surface area (Å²) >= 11 is 0. The van der Waals surface area contributed by atoms with E-state index in [1.165, 1.54) is 0 Å². The summed E-state index contributed by atoms with van der Waals surface area (Å²) in [5.74, 6) is 0.181. The van der Waals surface area contributed by atoms with Crippen LogP contribution in [0.25, 0.3) is 33.4 Å². The molecule has 4 aromatic carbocycles. The minimum absolute atomic E-state index is 0.0907. The lowest BCUT2D eigenvalue weighted by Gasteiger charge is -2.31. The van der Waals surface area contributed by atoms with E-state index in [1.54, 1.807) is 12.4 Å². The summed E-state index contributed by atoms with van der Waals surface area (Å²) in [6.45, 7) is 24.8. The van der Waals surface area contributed by atoms with Crippen LogP contribution in [0.1, 0.15) is 83.1 Å². The maximum atomic E-state index is 13.5. The first-order valence-corrected chi connectivity index (χ1v) is 20.7. The van der Waals surface area contributed by atoms with Crippen LogP contribution in [-0.2, 0) is 9.59 Å². The molecule has 0 aliphatic heterocycles. The number of nitrogens with zero attached hydrogens (tertiary/aromatic N) is 4. The van der Waals surface area contributed by atoms with E-state index < -0.39 is 0 Å². The third-order valence-electron chi connectivity index (χ3n) is 10.7. The van der Waals surface area contributed by atoms with E-state index in [2.05, 4.69) is 152 Å². The monoisotopic (exact) mass is 794 g/mol. The summed E-state index contributed by atoms with van der Waals surface area (Å²) in [5, 5.41) is 18.4. The van der Waals surface area contributed by atoms with E-state index in [-0.39, 0.29) is 33.2 Å². The normalized spacial score (nSPS) is 15.6. The van der Waals surface area contributed by atoms with Crippen molar-refractivity contribution in [3.8, 4) is 33.4 Å². The largest absolute Gasteiger partial charge is 0.289 e. The molecule has 0 saturated carbocycles. The molecular formula is C54H58N4O2. The van der Waals surface area contributed by atoms with Crippen LogP contribution in [0, 0.1) is 21.7 Å². The van der Waals surface area contributed by atoms with Crippen LogP contribution in [0.5, 0.6) is 0 Å². The lowest BCUT2D eigenvalue weighted by molar-refractivity contribution is -0.114. The lowest BCUT2D eigenvalue weighted by Crippen LogP contribution is -2.27. The Morgan fingerprint density at radius 2 is 0.683 bits per heavy atom. The van der Waals surface area contributed by atoms with Gasteiger partial charge in [-0.15, -0.1) is 0 Å². The number of azo groups is 2. The molecule has 2 aliphatic carbocycles. The van der Waals surface area contributed by atoms with Gasteiger partial charge in [0.05, 0.1) is 23.8 Å². The minimum atomic E-state index is -0.310. The molecule has 6 heteroatoms. The fourth-order valence-electron chi connectivity index (χ4n) is 7.38. The van der Waals surface area contributed by atoms with Gasteiger partial charge in [0.1, 0.15) is 0 Å². The number of hydrogen-bond acceptors (Lipinski definition) is 6. The standard InChI is InChI=1S/C54H58N4O2/c1-51(2,3)45-27-35(28-46(49(45)59)52(4,5)6)33-55-57-39-23-25-41(43(31-39)37-19-15-13-16-20-37)42-26-24-40(32-44(42)38-21-17-14-18-22-38)58-56-34-36-29-47(53(7,8)9)50(60)48(30-36)54(10,11)12/h13-34H,1-12H3. The highest BCUT2D eigenvalue weighted by atomic mass is 16.1. The number of Topliss-reactive ketones (excluding diaryl/α,β-unsaturated/α-hetero) is 2. The van der Waals surface area contributed by atoms with Crippen LogP contribution in [0.4, 0.5) is 11.4 Å². The zero-order valence-corrected chi connectivity index (χ0v) is 37.3. The Morgan fingerprint density at radius 1 is 0.383 bits per heavy atom. The van der Waals surface area contributed by atoms with E-state index in [0.717, 1.165) is 66.8 Å². The highest BCUT2D eigenvalue weighted by molar-refractivity contribution is 6.12. The van der Waals surface area contributed by atoms with Gasteiger partial charge in [-0.2, -0.15) is 20.5 Å². The predicted molar refractivity (Wildman–Crippen MR) is 248 cm³/mol. The summed E-state index contributed by atoms with van der Waals surface area (Å²) in [5.41, 5.74) is 11.1. The van der Waals surface area contributed by atoms with Crippen molar-refractivity contribution in [2.45, 2.75) is 83.1 Å². The molecule has 0 bridgehead atoms. The Kier molecular flexibility index (Phi) is 12.2. The van der Waals surface area contributed by atoms with Crippen LogP contribution in [-0.4, -0.2) is 11.6 Å². The number of hydrogen-bond donors (Lipinski definition) is 0. The van der Waals surface area contributed by atoms with Gasteiger partial charge in [-0.1, -0.05) is 156 Å². The molecule has 0 heterocycles. The summed E-state index contributed by atoms with van der Waals surface area (Å²) in [4.78, 5) is 26.9. The first kappa shape index (κ1) is 43.4. The van der Waals surface area contributed by atoms with Crippen molar-refractivity contribution in [2.75, 3.05) is 0 Å². The topological polar surface area (TPSA) is 83.6 Å². The number of allylic oxidation sites excluding steroid dienone is 10. The second kappa shape index (κ2) is 16.8. The molecule has 0 amide bonds. The highest BCUT2D eigenvalue weighted by Gasteiger charge is 2.35. The van der Waals surface area contributed by atoms with Crippen molar-refractivity contribution < 1.29 is 9.59 Å². The second-order valence-electron chi connectivity index (χ2n) is 19.8. The van der Waals surface area contributed by atoms with Crippen LogP contribution in [0.3, 0.4) is 0 Å². The molecule has 0 atom stereocenters. The number of rotatable bonds is 7. The zero-order chi connectivity index (χ0) is 43.6. The van der Waals surface area contributed by atoms with Crippen molar-refractivity contribution in [3.63, 3.8) is 0 Å². The lowest BCUT2D eigenvalue weighted by atomic mass is 9.72. The number of carbonyl (C=O) groups excluding carboxylic acids is 2. The van der Waals surface area contributed by atoms with Gasteiger partial charge in [0.2, 0.25) is 0 Å². The van der Waals surface area contributed by atoms with Crippen LogP contribution >= 0.6 is 0 Å². The molecule has 0 spiro atoms. The first-order chi connectivity index (χ1) is 28.1. The molecule has 306 valence electrons. The van der Waals surface area contributed by atoms with Crippen LogP contribution in [0.15, 0.2) is 188 Å². The number of carbonyl (C=O) groups is 2. The van der Waals surface area contributed by atoms with E-state index in [9.17, 15) is 9.59 Å². The number of benzene rings is 4. The van der Waals surface area contributed by atoms with Crippen molar-refractivity contribution >= 4 is 22.9 Å². The molecular weight excluding hydrogens is 737 g/mol. The van der Waals surface area contributed by atoms with Gasteiger partial charge in [-0.3, -0.25) is 9.59 Å². The summed E-state index contributed by atoms with van der Waals surface area (Å²) < 4.78 is 0. The average Bonchev–Trinajstić information content (AvgIpc) is 3.18. The fraction of sp³-hybridized carbons (Fsp3) is 0.296. The third kappa shape index (κ3) is 9.99. The Hall–Kier alpha value is -6.14. The Balaban J connectivity index is 1.41. The molecule has 0 fully saturated rings. The summed E-state index contributed by atoms with van der Waals surface area (Å²) in [6.07, 6.45) is 11.3. The molecule has 6 nitrogen and oxygen atoms in total. The van der Waals surface area contributed by atoms with Gasteiger partial charge in [-0.25, -0.2) is 0 Å². The minimum Gasteiger partial charge on any atom is -0.289 e. The van der Waals surface area contributed by atoms with Crippen LogP contribution < -0.4 is 0 Å². The van der Waals surface area contributed by atoms with Crippen LogP contribution in [0.2, 0.25) is 0 Å². The Labute approximate surface area is 357 Å². The number of ketones is 2. The summed E-state index contributed by atoms with van der Waals surface area (Å²) in [7, 11) is 0. The van der Waals surface area contributed by atoms with Crippen molar-refractivity contribution in [3.05, 3.63) is 167 Å². The molecule has 2 aliphatic rings. The van der Waals surface area contributed by atoms with Gasteiger partial charge < -0.3 is 0 Å². The molecule has 0 saturated heterocycles. The van der Waals surface area contributed by atoms with Gasteiger partial charge in [0, 0.05) is 22.3 Å². The van der Waals surface area contributed by atoms with Crippen molar-refractivity contribution in [1.82, 2.24) is 0 Å². The van der Waals surface area contributed by atoms with E-state index in [0.29, 0.717) is 11.4 Å². The molecule has 0 N–H and O–H groups in total. The average molecular weight is 795 g/mol. The maximum Gasteiger partial charge on any atom is 0.186 e. The molecule has 0 unspecified atom stereocenters. The zero-order valence-electron chi connectivity index (χ0n) is 37.3. The Morgan fingerprint density at radius 3 is 0.967 bits per heavy atom. The van der Waals surface area contributed by atoms with E-state index >= 15 is 0 Å². The quantitative estimate of drug-likeness (QED) is 0.175. The van der Waals surface area contributed by atoms with E-state index in [1.807, 2.05) is 72.8 Å². The van der Waals surface area contributed by atoms with E-state index in [4.69, 9.17) is 0 Å². The molecule has 60 heavy (non-hydrogen) atoms. The molecule has 6 rings (SSSR count). The van der Waals surface area contributed by atoms with Gasteiger partial charge >= 0.3 is 0 Å². The maximum absolute atomic E-state index is 13.5. The van der Waals surface area contributed by atoms with Crippen molar-refractivity contribution in [2.24, 2.45) is 42.1 Å². The predicted octanol–water partition coefficient (Wildman–Crippen LogP) is 15.7. The van der Waals surface area contributed by atoms with Gasteiger partial charge in [0.25, 0.3) is 0 Å². The summed E-state index contributed by atoms with van der Waals surface area (Å²) in [6, 6.07) is 33.0. The third-order valence-corrected chi connectivity index (χ3v) is 10.7. The fourth-order valence-corrected chi connectivity index (χ4v) is 7.38. The second-order valence-corrected chi connectivity index (χ2v) is 19.8. The smallest absolute Gasteiger partial charge is 0.186 e.